The molecular weight excluding hydrogens is 288 g/mol. The van der Waals surface area contributed by atoms with Gasteiger partial charge in [0.15, 0.2) is 0 Å². The molecule has 0 N–H and O–H groups in total. The summed E-state index contributed by atoms with van der Waals surface area (Å²) in [5, 5.41) is 0. The number of imidazole rings is 1. The van der Waals surface area contributed by atoms with E-state index < -0.39 is 0 Å². The van der Waals surface area contributed by atoms with Crippen molar-refractivity contribution in [2.24, 2.45) is 7.05 Å². The maximum atomic E-state index is 13.3. The largest absolute Gasteiger partial charge is 0.338 e. The lowest BCUT2D eigenvalue weighted by molar-refractivity contribution is -0.139. The number of hydrogen-bond donors (Lipinski definition) is 0. The molecule has 1 spiro atoms. The molecule has 0 radical (unpaired) electrons. The van der Waals surface area contributed by atoms with Crippen LogP contribution >= 0.6 is 0 Å². The van der Waals surface area contributed by atoms with Crippen LogP contribution in [0.15, 0.2) is 12.4 Å². The summed E-state index contributed by atoms with van der Waals surface area (Å²) < 4.78 is 2.07. The Morgan fingerprint density at radius 1 is 1.17 bits per heavy atom. The average Bonchev–Trinajstić information content (AvgIpc) is 3.25. The normalized spacial score (nSPS) is 30.0. The van der Waals surface area contributed by atoms with Crippen LogP contribution < -0.4 is 0 Å². The number of aryl methyl sites for hydroxylation is 1. The third-order valence-corrected chi connectivity index (χ3v) is 6.32. The van der Waals surface area contributed by atoms with Crippen LogP contribution in [0.2, 0.25) is 0 Å². The van der Waals surface area contributed by atoms with Gasteiger partial charge >= 0.3 is 0 Å². The second kappa shape index (κ2) is 5.93. The molecule has 3 fully saturated rings. The topological polar surface area (TPSA) is 41.4 Å². The lowest BCUT2D eigenvalue weighted by atomic mass is 9.92. The van der Waals surface area contributed by atoms with Crippen molar-refractivity contribution in [2.45, 2.75) is 69.5 Å². The van der Waals surface area contributed by atoms with E-state index in [4.69, 9.17) is 0 Å². The zero-order valence-corrected chi connectivity index (χ0v) is 14.2. The predicted octanol–water partition coefficient (Wildman–Crippen LogP) is 2.32. The third kappa shape index (κ3) is 2.49. The van der Waals surface area contributed by atoms with Crippen LogP contribution in [-0.2, 0) is 18.4 Å². The number of aromatic nitrogens is 2. The molecule has 23 heavy (non-hydrogen) atoms. The SMILES string of the molecule is Cn1ccnc1CN1CCCC12CCN(C1CCCCC1)C2=O. The molecule has 3 heterocycles. The number of rotatable bonds is 3. The fourth-order valence-electron chi connectivity index (χ4n) is 4.93. The molecular formula is C18H28N4O. The smallest absolute Gasteiger partial charge is 0.243 e. The number of carbonyl (C=O) groups is 1. The van der Waals surface area contributed by atoms with Gasteiger partial charge in [-0.15, -0.1) is 0 Å². The Kier molecular flexibility index (Phi) is 3.92. The van der Waals surface area contributed by atoms with Gasteiger partial charge in [-0.3, -0.25) is 9.69 Å². The summed E-state index contributed by atoms with van der Waals surface area (Å²) in [6.45, 7) is 2.78. The van der Waals surface area contributed by atoms with Crippen LogP contribution in [-0.4, -0.2) is 49.9 Å². The molecule has 0 aromatic carbocycles. The maximum absolute atomic E-state index is 13.3. The van der Waals surface area contributed by atoms with Crippen LogP contribution in [0.1, 0.15) is 57.2 Å². The molecule has 3 aliphatic rings. The highest BCUT2D eigenvalue weighted by atomic mass is 16.2. The summed E-state index contributed by atoms with van der Waals surface area (Å²) in [6, 6.07) is 0.506. The van der Waals surface area contributed by atoms with E-state index in [1.807, 2.05) is 19.4 Å². The van der Waals surface area contributed by atoms with Gasteiger partial charge in [-0.1, -0.05) is 19.3 Å². The van der Waals surface area contributed by atoms with Crippen LogP contribution in [0.25, 0.3) is 0 Å². The molecule has 0 bridgehead atoms. The van der Waals surface area contributed by atoms with Crippen molar-refractivity contribution in [2.75, 3.05) is 13.1 Å². The Labute approximate surface area is 138 Å². The Morgan fingerprint density at radius 3 is 2.74 bits per heavy atom. The second-order valence-corrected chi connectivity index (χ2v) is 7.55. The maximum Gasteiger partial charge on any atom is 0.243 e. The van der Waals surface area contributed by atoms with Gasteiger partial charge in [-0.25, -0.2) is 4.98 Å². The molecule has 1 amide bonds. The van der Waals surface area contributed by atoms with E-state index in [1.54, 1.807) is 0 Å². The second-order valence-electron chi connectivity index (χ2n) is 7.55. The van der Waals surface area contributed by atoms with Crippen molar-refractivity contribution in [1.29, 1.82) is 0 Å². The van der Waals surface area contributed by atoms with Crippen molar-refractivity contribution in [3.8, 4) is 0 Å². The Balaban J connectivity index is 1.52. The Hall–Kier alpha value is -1.36. The Morgan fingerprint density at radius 2 is 2.00 bits per heavy atom. The van der Waals surface area contributed by atoms with E-state index in [9.17, 15) is 4.79 Å². The summed E-state index contributed by atoms with van der Waals surface area (Å²) in [6.07, 6.45) is 13.3. The van der Waals surface area contributed by atoms with Crippen molar-refractivity contribution in [3.05, 3.63) is 18.2 Å². The zero-order chi connectivity index (χ0) is 15.9. The molecule has 1 aromatic rings. The van der Waals surface area contributed by atoms with Crippen LogP contribution in [0, 0.1) is 0 Å². The standard InChI is InChI=1S/C18H28N4O/c1-20-13-10-19-16(20)14-21-11-5-8-18(21)9-12-22(17(18)23)15-6-3-2-4-7-15/h10,13,15H,2-9,11-12,14H2,1H3. The zero-order valence-electron chi connectivity index (χ0n) is 14.2. The summed E-state index contributed by atoms with van der Waals surface area (Å²) in [4.78, 5) is 22.4. The minimum absolute atomic E-state index is 0.233. The van der Waals surface area contributed by atoms with E-state index >= 15 is 0 Å². The first-order chi connectivity index (χ1) is 11.2. The lowest BCUT2D eigenvalue weighted by Gasteiger charge is -2.36. The first-order valence-electron chi connectivity index (χ1n) is 9.23. The number of likely N-dealkylation sites (tertiary alicyclic amines) is 2. The molecule has 2 saturated heterocycles. The number of carbonyl (C=O) groups excluding carboxylic acids is 1. The lowest BCUT2D eigenvalue weighted by Crippen LogP contribution is -2.52. The van der Waals surface area contributed by atoms with Gasteiger partial charge in [-0.2, -0.15) is 0 Å². The first-order valence-corrected chi connectivity index (χ1v) is 9.23. The van der Waals surface area contributed by atoms with E-state index in [-0.39, 0.29) is 5.54 Å². The predicted molar refractivity (Wildman–Crippen MR) is 88.8 cm³/mol. The van der Waals surface area contributed by atoms with Gasteiger partial charge in [0.2, 0.25) is 5.91 Å². The van der Waals surface area contributed by atoms with E-state index in [1.165, 1.54) is 32.1 Å². The summed E-state index contributed by atoms with van der Waals surface area (Å²) in [5.74, 6) is 1.48. The minimum atomic E-state index is -0.233. The average molecular weight is 316 g/mol. The van der Waals surface area contributed by atoms with Crippen LogP contribution in [0.3, 0.4) is 0 Å². The highest BCUT2D eigenvalue weighted by molar-refractivity contribution is 5.89. The fourth-order valence-corrected chi connectivity index (χ4v) is 4.93. The first kappa shape index (κ1) is 15.2. The van der Waals surface area contributed by atoms with Crippen molar-refractivity contribution in [1.82, 2.24) is 19.4 Å². The fraction of sp³-hybridized carbons (Fsp3) is 0.778. The monoisotopic (exact) mass is 316 g/mol. The van der Waals surface area contributed by atoms with Gasteiger partial charge in [0.25, 0.3) is 0 Å². The van der Waals surface area contributed by atoms with E-state index in [0.717, 1.165) is 44.7 Å². The summed E-state index contributed by atoms with van der Waals surface area (Å²) in [7, 11) is 2.04. The van der Waals surface area contributed by atoms with Crippen molar-refractivity contribution < 1.29 is 4.79 Å². The van der Waals surface area contributed by atoms with E-state index in [0.29, 0.717) is 11.9 Å². The van der Waals surface area contributed by atoms with Gasteiger partial charge in [0, 0.05) is 32.0 Å². The minimum Gasteiger partial charge on any atom is -0.338 e. The molecule has 126 valence electrons. The van der Waals surface area contributed by atoms with Crippen LogP contribution in [0.4, 0.5) is 0 Å². The molecule has 1 unspecified atom stereocenters. The quantitative estimate of drug-likeness (QED) is 0.859. The van der Waals surface area contributed by atoms with Gasteiger partial charge in [0.1, 0.15) is 11.4 Å². The molecule has 1 aromatic heterocycles. The summed E-state index contributed by atoms with van der Waals surface area (Å²) in [5.41, 5.74) is -0.233. The molecule has 5 heteroatoms. The summed E-state index contributed by atoms with van der Waals surface area (Å²) >= 11 is 0. The van der Waals surface area contributed by atoms with E-state index in [2.05, 4.69) is 19.4 Å². The molecule has 5 nitrogen and oxygen atoms in total. The Bertz CT molecular complexity index is 577. The molecule has 1 atom stereocenters. The van der Waals surface area contributed by atoms with Crippen molar-refractivity contribution in [3.63, 3.8) is 0 Å². The highest BCUT2D eigenvalue weighted by Gasteiger charge is 2.54. The van der Waals surface area contributed by atoms with Crippen LogP contribution in [0.5, 0.6) is 0 Å². The van der Waals surface area contributed by atoms with Gasteiger partial charge in [-0.05, 0) is 38.6 Å². The molecule has 1 saturated carbocycles. The van der Waals surface area contributed by atoms with Gasteiger partial charge in [0.05, 0.1) is 6.54 Å². The number of nitrogens with zero attached hydrogens (tertiary/aromatic N) is 4. The van der Waals surface area contributed by atoms with Crippen molar-refractivity contribution >= 4 is 5.91 Å². The molecule has 2 aliphatic heterocycles. The third-order valence-electron chi connectivity index (χ3n) is 6.32. The number of hydrogen-bond acceptors (Lipinski definition) is 3. The van der Waals surface area contributed by atoms with Gasteiger partial charge < -0.3 is 9.47 Å². The number of amides is 1. The molecule has 4 rings (SSSR count). The highest BCUT2D eigenvalue weighted by Crippen LogP contribution is 2.41. The molecule has 1 aliphatic carbocycles.